The summed E-state index contributed by atoms with van der Waals surface area (Å²) in [6, 6.07) is 23.0. The number of carbonyl (C=O) groups excluding carboxylic acids is 1. The highest BCUT2D eigenvalue weighted by Gasteiger charge is 2.64. The van der Waals surface area contributed by atoms with Crippen molar-refractivity contribution in [2.24, 2.45) is 5.92 Å². The summed E-state index contributed by atoms with van der Waals surface area (Å²) in [5.41, 5.74) is -1.64. The van der Waals surface area contributed by atoms with Gasteiger partial charge in [-0.1, -0.05) is 98.6 Å². The number of benzene rings is 3. The van der Waals surface area contributed by atoms with Gasteiger partial charge in [-0.05, 0) is 35.4 Å². The number of ketones is 1. The SMILES string of the molecule is C=C1C[C@](O)(c2ccc(Br)cc2)[C@](O)(c2ccc(Br)cc2)C1C(=O)c1ccccc1. The number of halogens is 2. The van der Waals surface area contributed by atoms with Gasteiger partial charge in [0.05, 0.1) is 5.92 Å². The maximum Gasteiger partial charge on any atom is 0.173 e. The zero-order valence-corrected chi connectivity index (χ0v) is 19.2. The van der Waals surface area contributed by atoms with Crippen molar-refractivity contribution in [1.29, 1.82) is 0 Å². The van der Waals surface area contributed by atoms with Crippen molar-refractivity contribution < 1.29 is 15.0 Å². The van der Waals surface area contributed by atoms with E-state index in [1.54, 1.807) is 60.7 Å². The van der Waals surface area contributed by atoms with E-state index in [2.05, 4.69) is 38.4 Å². The third-order valence-corrected chi connectivity index (χ3v) is 6.92. The molecule has 0 aliphatic heterocycles. The monoisotopic (exact) mass is 526 g/mol. The van der Waals surface area contributed by atoms with Crippen molar-refractivity contribution in [3.63, 3.8) is 0 Å². The van der Waals surface area contributed by atoms with E-state index in [0.29, 0.717) is 22.3 Å². The zero-order valence-electron chi connectivity index (χ0n) is 16.1. The molecule has 3 aromatic carbocycles. The summed E-state index contributed by atoms with van der Waals surface area (Å²) in [7, 11) is 0. The summed E-state index contributed by atoms with van der Waals surface area (Å²) in [5, 5.41) is 24.1. The highest BCUT2D eigenvalue weighted by atomic mass is 79.9. The first-order valence-electron chi connectivity index (χ1n) is 9.51. The summed E-state index contributed by atoms with van der Waals surface area (Å²) >= 11 is 6.82. The minimum absolute atomic E-state index is 0.0738. The molecule has 1 fully saturated rings. The zero-order chi connectivity index (χ0) is 21.5. The standard InChI is InChI=1S/C25H20Br2O3/c1-16-15-24(29,18-7-11-20(26)12-8-18)25(30,19-9-13-21(27)14-10-19)22(16)23(28)17-5-3-2-4-6-17/h2-14,22,29-30H,1,15H2/t22?,24-,25-/m0/s1. The Balaban J connectivity index is 1.93. The molecular weight excluding hydrogens is 508 g/mol. The number of aliphatic hydroxyl groups is 2. The molecule has 3 nitrogen and oxygen atoms in total. The molecule has 1 unspecified atom stereocenters. The van der Waals surface area contributed by atoms with E-state index in [-0.39, 0.29) is 12.2 Å². The lowest BCUT2D eigenvalue weighted by Crippen LogP contribution is -2.50. The van der Waals surface area contributed by atoms with Gasteiger partial charge in [0.25, 0.3) is 0 Å². The van der Waals surface area contributed by atoms with Gasteiger partial charge in [0.1, 0.15) is 11.2 Å². The minimum atomic E-state index is -1.88. The van der Waals surface area contributed by atoms with Crippen molar-refractivity contribution in [1.82, 2.24) is 0 Å². The molecule has 3 aromatic rings. The fourth-order valence-corrected chi connectivity index (χ4v) is 4.93. The Hall–Kier alpha value is -2.05. The maximum atomic E-state index is 13.5. The van der Waals surface area contributed by atoms with E-state index in [9.17, 15) is 15.0 Å². The quantitative estimate of drug-likeness (QED) is 0.335. The van der Waals surface area contributed by atoms with Crippen LogP contribution in [0.4, 0.5) is 0 Å². The van der Waals surface area contributed by atoms with Gasteiger partial charge < -0.3 is 10.2 Å². The van der Waals surface area contributed by atoms with Crippen molar-refractivity contribution in [3.8, 4) is 0 Å². The van der Waals surface area contributed by atoms with Gasteiger partial charge in [0.2, 0.25) is 0 Å². The van der Waals surface area contributed by atoms with E-state index in [4.69, 9.17) is 0 Å². The van der Waals surface area contributed by atoms with Crippen LogP contribution in [0.5, 0.6) is 0 Å². The average Bonchev–Trinajstić information content (AvgIpc) is 2.95. The predicted molar refractivity (Wildman–Crippen MR) is 124 cm³/mol. The molecule has 1 aliphatic rings. The maximum absolute atomic E-state index is 13.5. The topological polar surface area (TPSA) is 57.5 Å². The van der Waals surface area contributed by atoms with Crippen molar-refractivity contribution in [2.45, 2.75) is 17.6 Å². The Kier molecular flexibility index (Phi) is 5.58. The van der Waals surface area contributed by atoms with Gasteiger partial charge in [-0.25, -0.2) is 0 Å². The molecule has 1 saturated carbocycles. The summed E-state index contributed by atoms with van der Waals surface area (Å²) in [5.74, 6) is -1.26. The Morgan fingerprint density at radius 3 is 1.87 bits per heavy atom. The van der Waals surface area contributed by atoms with Crippen LogP contribution in [-0.2, 0) is 11.2 Å². The molecule has 0 heterocycles. The van der Waals surface area contributed by atoms with Crippen LogP contribution in [0.3, 0.4) is 0 Å². The molecule has 0 amide bonds. The third kappa shape index (κ3) is 3.30. The smallest absolute Gasteiger partial charge is 0.173 e. The highest BCUT2D eigenvalue weighted by Crippen LogP contribution is 2.58. The Bertz CT molecular complexity index is 1090. The first-order chi connectivity index (χ1) is 14.3. The molecule has 3 atom stereocenters. The van der Waals surface area contributed by atoms with Gasteiger partial charge in [-0.15, -0.1) is 0 Å². The Morgan fingerprint density at radius 2 is 1.33 bits per heavy atom. The fourth-order valence-electron chi connectivity index (χ4n) is 4.40. The summed E-state index contributed by atoms with van der Waals surface area (Å²) in [4.78, 5) is 13.5. The molecule has 1 aliphatic carbocycles. The summed E-state index contributed by atoms with van der Waals surface area (Å²) in [6.07, 6.45) is 0.0738. The van der Waals surface area contributed by atoms with Gasteiger partial charge in [-0.2, -0.15) is 0 Å². The van der Waals surface area contributed by atoms with Gasteiger partial charge in [0.15, 0.2) is 5.78 Å². The average molecular weight is 528 g/mol. The van der Waals surface area contributed by atoms with E-state index < -0.39 is 17.1 Å². The predicted octanol–water partition coefficient (Wildman–Crippen LogP) is 5.75. The largest absolute Gasteiger partial charge is 0.381 e. The second-order valence-corrected chi connectivity index (χ2v) is 9.47. The van der Waals surface area contributed by atoms with Gasteiger partial charge in [0, 0.05) is 20.9 Å². The molecule has 0 spiro atoms. The number of rotatable bonds is 4. The van der Waals surface area contributed by atoms with E-state index in [1.165, 1.54) is 0 Å². The summed E-state index contributed by atoms with van der Waals surface area (Å²) in [6.45, 7) is 4.10. The molecule has 0 saturated heterocycles. The second kappa shape index (κ2) is 7.89. The van der Waals surface area contributed by atoms with Crippen molar-refractivity contribution >= 4 is 37.6 Å². The van der Waals surface area contributed by atoms with Crippen LogP contribution in [-0.4, -0.2) is 16.0 Å². The highest BCUT2D eigenvalue weighted by molar-refractivity contribution is 9.10. The van der Waals surface area contributed by atoms with E-state index in [1.807, 2.05) is 18.2 Å². The van der Waals surface area contributed by atoms with Crippen molar-refractivity contribution in [3.05, 3.63) is 117 Å². The lowest BCUT2D eigenvalue weighted by molar-refractivity contribution is -0.156. The molecule has 152 valence electrons. The number of Topliss-reactive ketones (excluding diaryl/α,β-unsaturated/α-hetero) is 1. The molecular formula is C25H20Br2O3. The van der Waals surface area contributed by atoms with Crippen LogP contribution in [0.1, 0.15) is 27.9 Å². The van der Waals surface area contributed by atoms with Gasteiger partial charge in [-0.3, -0.25) is 4.79 Å². The summed E-state index contributed by atoms with van der Waals surface area (Å²) < 4.78 is 1.69. The van der Waals surface area contributed by atoms with Crippen LogP contribution in [0.2, 0.25) is 0 Å². The Morgan fingerprint density at radius 1 is 0.833 bits per heavy atom. The Labute approximate surface area is 192 Å². The number of hydrogen-bond acceptors (Lipinski definition) is 3. The first-order valence-corrected chi connectivity index (χ1v) is 11.1. The first kappa shape index (κ1) is 21.2. The van der Waals surface area contributed by atoms with Crippen LogP contribution in [0.15, 0.2) is 100.0 Å². The normalized spacial score (nSPS) is 26.0. The molecule has 0 radical (unpaired) electrons. The molecule has 0 bridgehead atoms. The van der Waals surface area contributed by atoms with E-state index in [0.717, 1.165) is 8.95 Å². The number of carbonyl (C=O) groups is 1. The fraction of sp³-hybridized carbons (Fsp3) is 0.160. The lowest BCUT2D eigenvalue weighted by atomic mass is 9.70. The molecule has 2 N–H and O–H groups in total. The minimum Gasteiger partial charge on any atom is -0.381 e. The lowest BCUT2D eigenvalue weighted by Gasteiger charge is -2.41. The van der Waals surface area contributed by atoms with Crippen LogP contribution >= 0.6 is 31.9 Å². The van der Waals surface area contributed by atoms with Crippen molar-refractivity contribution in [2.75, 3.05) is 0 Å². The van der Waals surface area contributed by atoms with Crippen LogP contribution in [0.25, 0.3) is 0 Å². The van der Waals surface area contributed by atoms with Crippen LogP contribution in [0, 0.1) is 5.92 Å². The molecule has 30 heavy (non-hydrogen) atoms. The molecule has 0 aromatic heterocycles. The second-order valence-electron chi connectivity index (χ2n) is 7.64. The number of hydrogen-bond donors (Lipinski definition) is 2. The van der Waals surface area contributed by atoms with Gasteiger partial charge >= 0.3 is 0 Å². The molecule has 4 rings (SSSR count). The molecule has 5 heteroatoms. The van der Waals surface area contributed by atoms with Crippen LogP contribution < -0.4 is 0 Å². The van der Waals surface area contributed by atoms with E-state index >= 15 is 0 Å². The third-order valence-electron chi connectivity index (χ3n) is 5.87.